The topological polar surface area (TPSA) is 42.9 Å². The second kappa shape index (κ2) is 10.7. The van der Waals surface area contributed by atoms with Gasteiger partial charge >= 0.3 is 0 Å². The zero-order valence-electron chi connectivity index (χ0n) is 26.6. The summed E-state index contributed by atoms with van der Waals surface area (Å²) in [5.74, 6) is 0. The molecule has 0 saturated heterocycles. The van der Waals surface area contributed by atoms with Crippen molar-refractivity contribution in [3.63, 3.8) is 0 Å². The summed E-state index contributed by atoms with van der Waals surface area (Å²) < 4.78 is 0. The van der Waals surface area contributed by atoms with Gasteiger partial charge < -0.3 is 0 Å². The summed E-state index contributed by atoms with van der Waals surface area (Å²) in [6.45, 7) is 0. The molecular formula is C45H29ClN2O. The van der Waals surface area contributed by atoms with Crippen molar-refractivity contribution in [2.75, 3.05) is 0 Å². The summed E-state index contributed by atoms with van der Waals surface area (Å²) in [4.78, 5) is 22.6. The van der Waals surface area contributed by atoms with Crippen LogP contribution < -0.4 is 0 Å². The molecule has 49 heavy (non-hydrogen) atoms. The van der Waals surface area contributed by atoms with Crippen molar-refractivity contribution in [2.24, 2.45) is 0 Å². The Balaban J connectivity index is 1.38. The van der Waals surface area contributed by atoms with E-state index in [1.165, 1.54) is 73.0 Å². The number of benzene rings is 6. The molecule has 7 aromatic rings. The van der Waals surface area contributed by atoms with Crippen LogP contribution in [0.3, 0.4) is 0 Å². The van der Waals surface area contributed by atoms with Gasteiger partial charge in [-0.1, -0.05) is 127 Å². The molecular weight excluding hydrogens is 620 g/mol. The molecule has 0 radical (unpaired) electrons. The zero-order valence-corrected chi connectivity index (χ0v) is 27.3. The highest BCUT2D eigenvalue weighted by Crippen LogP contribution is 2.55. The molecule has 3 aliphatic rings. The van der Waals surface area contributed by atoms with Crippen LogP contribution in [0.2, 0.25) is 0 Å². The Hall–Kier alpha value is -5.64. The fourth-order valence-electron chi connectivity index (χ4n) is 9.02. The van der Waals surface area contributed by atoms with E-state index in [0.29, 0.717) is 5.69 Å². The third kappa shape index (κ3) is 4.00. The number of carbonyl (C=O) groups excluding carboxylic acids is 1. The van der Waals surface area contributed by atoms with Gasteiger partial charge in [-0.2, -0.15) is 0 Å². The maximum absolute atomic E-state index is 12.8. The number of hydrogen-bond donors (Lipinski definition) is 0. The monoisotopic (exact) mass is 648 g/mol. The van der Waals surface area contributed by atoms with Crippen LogP contribution in [-0.2, 0) is 24.7 Å². The van der Waals surface area contributed by atoms with Crippen LogP contribution in [0.4, 0.5) is 0 Å². The SMILES string of the molecule is O=C(Cl)c1cncc(C(c2cccc3c2Cc2ccccc2-3)(c2cccc3c2Cc2ccccc2-3)c2cccc3c2Cc2ccccc2-3)n1. The van der Waals surface area contributed by atoms with E-state index in [0.717, 1.165) is 36.0 Å². The lowest BCUT2D eigenvalue weighted by atomic mass is 9.62. The van der Waals surface area contributed by atoms with Gasteiger partial charge in [0, 0.05) is 0 Å². The van der Waals surface area contributed by atoms with Gasteiger partial charge in [0.15, 0.2) is 0 Å². The van der Waals surface area contributed by atoms with Gasteiger partial charge in [0.1, 0.15) is 5.69 Å². The lowest BCUT2D eigenvalue weighted by molar-refractivity contribution is 0.107. The molecule has 0 saturated carbocycles. The first-order chi connectivity index (χ1) is 24.1. The van der Waals surface area contributed by atoms with Gasteiger partial charge in [0.25, 0.3) is 5.24 Å². The molecule has 10 rings (SSSR count). The largest absolute Gasteiger partial charge is 0.274 e. The molecule has 0 N–H and O–H groups in total. The molecule has 6 aromatic carbocycles. The summed E-state index contributed by atoms with van der Waals surface area (Å²) in [6.07, 6.45) is 5.74. The van der Waals surface area contributed by atoms with E-state index in [-0.39, 0.29) is 5.69 Å². The third-order valence-corrected chi connectivity index (χ3v) is 11.2. The normalized spacial score (nSPS) is 13.2. The Morgan fingerprint density at radius 3 is 1.29 bits per heavy atom. The smallest absolute Gasteiger partial charge is 0.272 e. The Morgan fingerprint density at radius 2 is 0.878 bits per heavy atom. The minimum Gasteiger partial charge on any atom is -0.274 e. The number of nitrogens with zero attached hydrogens (tertiary/aromatic N) is 2. The van der Waals surface area contributed by atoms with Gasteiger partial charge in [0.2, 0.25) is 0 Å². The molecule has 0 spiro atoms. The summed E-state index contributed by atoms with van der Waals surface area (Å²) in [5.41, 5.74) is 18.6. The van der Waals surface area contributed by atoms with Crippen molar-refractivity contribution in [3.8, 4) is 33.4 Å². The number of rotatable bonds is 5. The van der Waals surface area contributed by atoms with Gasteiger partial charge in [0.05, 0.1) is 23.5 Å². The van der Waals surface area contributed by atoms with E-state index in [9.17, 15) is 4.79 Å². The highest BCUT2D eigenvalue weighted by atomic mass is 35.5. The van der Waals surface area contributed by atoms with Crippen LogP contribution in [-0.4, -0.2) is 15.2 Å². The molecule has 0 aliphatic heterocycles. The molecule has 1 aromatic heterocycles. The average Bonchev–Trinajstić information content (AvgIpc) is 3.84. The molecule has 1 heterocycles. The van der Waals surface area contributed by atoms with Crippen LogP contribution in [0.25, 0.3) is 33.4 Å². The molecule has 232 valence electrons. The van der Waals surface area contributed by atoms with Crippen molar-refractivity contribution in [1.29, 1.82) is 0 Å². The Kier molecular flexibility index (Phi) is 6.19. The molecule has 0 unspecified atom stereocenters. The van der Waals surface area contributed by atoms with Gasteiger partial charge in [-0.3, -0.25) is 9.78 Å². The van der Waals surface area contributed by atoms with Gasteiger partial charge in [-0.15, -0.1) is 0 Å². The highest BCUT2D eigenvalue weighted by Gasteiger charge is 2.47. The number of aromatic nitrogens is 2. The van der Waals surface area contributed by atoms with E-state index in [1.807, 2.05) is 6.20 Å². The predicted molar refractivity (Wildman–Crippen MR) is 195 cm³/mol. The summed E-state index contributed by atoms with van der Waals surface area (Å²) in [5, 5.41) is -0.620. The van der Waals surface area contributed by atoms with Crippen LogP contribution >= 0.6 is 11.6 Å². The lowest BCUT2D eigenvalue weighted by Gasteiger charge is -2.39. The second-order valence-electron chi connectivity index (χ2n) is 13.3. The zero-order chi connectivity index (χ0) is 32.7. The molecule has 3 aliphatic carbocycles. The van der Waals surface area contributed by atoms with Crippen LogP contribution in [0.15, 0.2) is 140 Å². The summed E-state index contributed by atoms with van der Waals surface area (Å²) >= 11 is 6.19. The first-order valence-electron chi connectivity index (χ1n) is 16.8. The predicted octanol–water partition coefficient (Wildman–Crippen LogP) is 9.95. The fraction of sp³-hybridized carbons (Fsp3) is 0.0889. The fourth-order valence-corrected chi connectivity index (χ4v) is 9.11. The Labute approximate surface area is 289 Å². The standard InChI is InChI=1S/C45H29ClN2O/c46-44(49)42-25-47-26-43(48-42)45(39-19-7-16-33-30-13-4-1-10-27(30)22-36(33)39,40-20-8-17-34-31-14-5-2-11-28(31)23-37(34)40)41-21-9-18-35-32-15-6-3-12-29(32)24-38(35)41/h1-21,25-26H,22-24H2. The lowest BCUT2D eigenvalue weighted by Crippen LogP contribution is -2.36. The van der Waals surface area contributed by atoms with Crippen molar-refractivity contribution < 1.29 is 4.79 Å². The van der Waals surface area contributed by atoms with Crippen molar-refractivity contribution in [2.45, 2.75) is 24.7 Å². The van der Waals surface area contributed by atoms with Crippen molar-refractivity contribution >= 4 is 16.8 Å². The van der Waals surface area contributed by atoms with E-state index in [2.05, 4.69) is 132 Å². The summed E-state index contributed by atoms with van der Waals surface area (Å²) in [7, 11) is 0. The Morgan fingerprint density at radius 1 is 0.490 bits per heavy atom. The number of hydrogen-bond acceptors (Lipinski definition) is 3. The molecule has 3 nitrogen and oxygen atoms in total. The van der Waals surface area contributed by atoms with Crippen LogP contribution in [0, 0.1) is 0 Å². The maximum atomic E-state index is 12.8. The third-order valence-electron chi connectivity index (χ3n) is 11.0. The minimum absolute atomic E-state index is 0.145. The molecule has 0 amide bonds. The van der Waals surface area contributed by atoms with Gasteiger partial charge in [-0.25, -0.2) is 4.98 Å². The first-order valence-corrected chi connectivity index (χ1v) is 17.1. The highest BCUT2D eigenvalue weighted by molar-refractivity contribution is 6.67. The van der Waals surface area contributed by atoms with Crippen LogP contribution in [0.5, 0.6) is 0 Å². The van der Waals surface area contributed by atoms with Gasteiger partial charge in [-0.05, 0) is 114 Å². The number of fused-ring (bicyclic) bond motifs is 9. The Bertz CT molecular complexity index is 2300. The quantitative estimate of drug-likeness (QED) is 0.138. The van der Waals surface area contributed by atoms with Crippen LogP contribution in [0.1, 0.15) is 66.3 Å². The van der Waals surface area contributed by atoms with E-state index < -0.39 is 10.7 Å². The van der Waals surface area contributed by atoms with Crippen molar-refractivity contribution in [1.82, 2.24) is 9.97 Å². The summed E-state index contributed by atoms with van der Waals surface area (Å²) in [6, 6.07) is 46.3. The minimum atomic E-state index is -0.927. The average molecular weight is 649 g/mol. The first kappa shape index (κ1) is 28.4. The van der Waals surface area contributed by atoms with Crippen molar-refractivity contribution in [3.05, 3.63) is 201 Å². The van der Waals surface area contributed by atoms with E-state index in [1.54, 1.807) is 0 Å². The molecule has 0 bridgehead atoms. The number of carbonyl (C=O) groups is 1. The van der Waals surface area contributed by atoms with E-state index in [4.69, 9.17) is 16.6 Å². The number of halogens is 1. The van der Waals surface area contributed by atoms with E-state index >= 15 is 0 Å². The second-order valence-corrected chi connectivity index (χ2v) is 13.7. The maximum Gasteiger partial charge on any atom is 0.272 e. The molecule has 0 atom stereocenters. The molecule has 0 fully saturated rings. The molecule has 4 heteroatoms.